The molecule has 1 amide bonds. The molecular formula is C21H18Cl2N2O. The molecule has 1 N–H and O–H groups in total. The summed E-state index contributed by atoms with van der Waals surface area (Å²) in [6, 6.07) is 13.4. The van der Waals surface area contributed by atoms with E-state index in [-0.39, 0.29) is 5.91 Å². The molecule has 2 aromatic carbocycles. The summed E-state index contributed by atoms with van der Waals surface area (Å²) in [4.78, 5) is 17.7. The van der Waals surface area contributed by atoms with E-state index in [0.717, 1.165) is 34.5 Å². The SMILES string of the molecule is O=C(Cc1ccc(Cl)cc1)N1CC=C(c2c[nH]c3c(Cl)cccc23)CC1. The van der Waals surface area contributed by atoms with Gasteiger partial charge in [-0.3, -0.25) is 4.79 Å². The Morgan fingerprint density at radius 2 is 1.92 bits per heavy atom. The van der Waals surface area contributed by atoms with Crippen molar-refractivity contribution in [2.24, 2.45) is 0 Å². The van der Waals surface area contributed by atoms with Gasteiger partial charge in [-0.15, -0.1) is 0 Å². The van der Waals surface area contributed by atoms with Crippen molar-refractivity contribution in [2.45, 2.75) is 12.8 Å². The maximum Gasteiger partial charge on any atom is 0.227 e. The third-order valence-electron chi connectivity index (χ3n) is 4.84. The van der Waals surface area contributed by atoms with Crippen molar-refractivity contribution in [2.75, 3.05) is 13.1 Å². The second kappa shape index (κ2) is 7.18. The largest absolute Gasteiger partial charge is 0.359 e. The number of para-hydroxylation sites is 1. The van der Waals surface area contributed by atoms with E-state index in [9.17, 15) is 4.79 Å². The van der Waals surface area contributed by atoms with Crippen LogP contribution in [0.15, 0.2) is 54.7 Å². The highest BCUT2D eigenvalue weighted by molar-refractivity contribution is 6.35. The van der Waals surface area contributed by atoms with Gasteiger partial charge in [0.2, 0.25) is 5.91 Å². The molecule has 26 heavy (non-hydrogen) atoms. The van der Waals surface area contributed by atoms with Crippen molar-refractivity contribution in [3.05, 3.63) is 75.9 Å². The topological polar surface area (TPSA) is 36.1 Å². The van der Waals surface area contributed by atoms with Crippen molar-refractivity contribution < 1.29 is 4.79 Å². The average Bonchev–Trinajstić information content (AvgIpc) is 3.09. The minimum Gasteiger partial charge on any atom is -0.359 e. The number of benzene rings is 2. The summed E-state index contributed by atoms with van der Waals surface area (Å²) in [7, 11) is 0. The first-order valence-corrected chi connectivity index (χ1v) is 9.34. The minimum absolute atomic E-state index is 0.143. The van der Waals surface area contributed by atoms with Gasteiger partial charge in [-0.25, -0.2) is 0 Å². The van der Waals surface area contributed by atoms with Gasteiger partial charge in [-0.1, -0.05) is 53.5 Å². The number of halogens is 2. The molecule has 0 saturated carbocycles. The van der Waals surface area contributed by atoms with Crippen LogP contribution in [0.2, 0.25) is 10.0 Å². The van der Waals surface area contributed by atoms with Gasteiger partial charge < -0.3 is 9.88 Å². The first kappa shape index (κ1) is 17.2. The predicted octanol–water partition coefficient (Wildman–Crippen LogP) is 5.33. The Balaban J connectivity index is 1.48. The van der Waals surface area contributed by atoms with Crippen LogP contribution < -0.4 is 0 Å². The summed E-state index contributed by atoms with van der Waals surface area (Å²) in [6.45, 7) is 1.36. The zero-order valence-corrected chi connectivity index (χ0v) is 15.6. The fraction of sp³-hybridized carbons (Fsp3) is 0.190. The van der Waals surface area contributed by atoms with Crippen molar-refractivity contribution in [3.8, 4) is 0 Å². The Morgan fingerprint density at radius 1 is 1.12 bits per heavy atom. The van der Waals surface area contributed by atoms with E-state index in [4.69, 9.17) is 23.2 Å². The second-order valence-electron chi connectivity index (χ2n) is 6.49. The average molecular weight is 385 g/mol. The summed E-state index contributed by atoms with van der Waals surface area (Å²) in [5.74, 6) is 0.143. The molecule has 0 saturated heterocycles. The van der Waals surface area contributed by atoms with Crippen LogP contribution in [0, 0.1) is 0 Å². The van der Waals surface area contributed by atoms with Gasteiger partial charge in [-0.2, -0.15) is 0 Å². The maximum absolute atomic E-state index is 12.5. The number of hydrogen-bond acceptors (Lipinski definition) is 1. The van der Waals surface area contributed by atoms with E-state index in [2.05, 4.69) is 17.1 Å². The van der Waals surface area contributed by atoms with Crippen LogP contribution in [0.5, 0.6) is 0 Å². The molecule has 1 aromatic heterocycles. The van der Waals surface area contributed by atoms with E-state index >= 15 is 0 Å². The molecule has 0 atom stereocenters. The van der Waals surface area contributed by atoms with Crippen LogP contribution in [0.3, 0.4) is 0 Å². The highest BCUT2D eigenvalue weighted by Gasteiger charge is 2.20. The molecule has 3 nitrogen and oxygen atoms in total. The van der Waals surface area contributed by atoms with E-state index in [0.29, 0.717) is 18.0 Å². The number of H-pyrrole nitrogens is 1. The van der Waals surface area contributed by atoms with Crippen LogP contribution in [-0.4, -0.2) is 28.9 Å². The first-order chi connectivity index (χ1) is 12.6. The van der Waals surface area contributed by atoms with Crippen LogP contribution in [0.4, 0.5) is 0 Å². The van der Waals surface area contributed by atoms with E-state index in [1.54, 1.807) is 0 Å². The van der Waals surface area contributed by atoms with Crippen molar-refractivity contribution in [1.82, 2.24) is 9.88 Å². The lowest BCUT2D eigenvalue weighted by Crippen LogP contribution is -2.35. The quantitative estimate of drug-likeness (QED) is 0.650. The number of nitrogens with zero attached hydrogens (tertiary/aromatic N) is 1. The normalized spacial score (nSPS) is 14.5. The molecule has 5 heteroatoms. The van der Waals surface area contributed by atoms with E-state index in [1.807, 2.05) is 47.5 Å². The Morgan fingerprint density at radius 3 is 2.65 bits per heavy atom. The van der Waals surface area contributed by atoms with E-state index < -0.39 is 0 Å². The standard InChI is InChI=1S/C21H18Cl2N2O/c22-16-6-4-14(5-7-16)12-20(26)25-10-8-15(9-11-25)18-13-24-21-17(18)2-1-3-19(21)23/h1-8,13,24H,9-12H2. The Hall–Kier alpha value is -2.23. The lowest BCUT2D eigenvalue weighted by Gasteiger charge is -2.26. The van der Waals surface area contributed by atoms with Crippen LogP contribution in [-0.2, 0) is 11.2 Å². The maximum atomic E-state index is 12.5. The summed E-state index contributed by atoms with van der Waals surface area (Å²) in [6.07, 6.45) is 5.40. The van der Waals surface area contributed by atoms with Crippen LogP contribution >= 0.6 is 23.2 Å². The molecule has 4 rings (SSSR count). The number of aromatic nitrogens is 1. The molecule has 1 aliphatic heterocycles. The lowest BCUT2D eigenvalue weighted by atomic mass is 9.98. The summed E-state index contributed by atoms with van der Waals surface area (Å²) < 4.78 is 0. The third kappa shape index (κ3) is 3.37. The fourth-order valence-electron chi connectivity index (χ4n) is 3.41. The van der Waals surface area contributed by atoms with Gasteiger partial charge in [-0.05, 0) is 35.8 Å². The number of rotatable bonds is 3. The zero-order valence-electron chi connectivity index (χ0n) is 14.1. The summed E-state index contributed by atoms with van der Waals surface area (Å²) in [5.41, 5.74) is 4.38. The molecule has 0 radical (unpaired) electrons. The number of nitrogens with one attached hydrogen (secondary N) is 1. The Bertz CT molecular complexity index is 989. The van der Waals surface area contributed by atoms with Gasteiger partial charge in [0.1, 0.15) is 0 Å². The first-order valence-electron chi connectivity index (χ1n) is 8.59. The van der Waals surface area contributed by atoms with Gasteiger partial charge >= 0.3 is 0 Å². The van der Waals surface area contributed by atoms with Gasteiger partial charge in [0, 0.05) is 35.3 Å². The van der Waals surface area contributed by atoms with E-state index in [1.165, 1.54) is 11.1 Å². The number of amides is 1. The van der Waals surface area contributed by atoms with Gasteiger partial charge in [0.05, 0.1) is 17.0 Å². The zero-order chi connectivity index (χ0) is 18.1. The van der Waals surface area contributed by atoms with Crippen molar-refractivity contribution in [3.63, 3.8) is 0 Å². The molecule has 2 heterocycles. The molecule has 1 aliphatic rings. The summed E-state index contributed by atoms with van der Waals surface area (Å²) in [5, 5.41) is 2.54. The number of hydrogen-bond donors (Lipinski definition) is 1. The highest BCUT2D eigenvalue weighted by Crippen LogP contribution is 2.32. The molecule has 0 fully saturated rings. The van der Waals surface area contributed by atoms with Crippen molar-refractivity contribution in [1.29, 1.82) is 0 Å². The van der Waals surface area contributed by atoms with Crippen LogP contribution in [0.1, 0.15) is 17.5 Å². The van der Waals surface area contributed by atoms with Crippen LogP contribution in [0.25, 0.3) is 16.5 Å². The minimum atomic E-state index is 0.143. The third-order valence-corrected chi connectivity index (χ3v) is 5.41. The number of carbonyl (C=O) groups is 1. The lowest BCUT2D eigenvalue weighted by molar-refractivity contribution is -0.130. The monoisotopic (exact) mass is 384 g/mol. The smallest absolute Gasteiger partial charge is 0.227 e. The van der Waals surface area contributed by atoms with Crippen molar-refractivity contribution >= 4 is 45.6 Å². The molecule has 0 aliphatic carbocycles. The van der Waals surface area contributed by atoms with Gasteiger partial charge in [0.25, 0.3) is 0 Å². The molecule has 0 spiro atoms. The Kier molecular flexibility index (Phi) is 4.75. The molecule has 3 aromatic rings. The van der Waals surface area contributed by atoms with Gasteiger partial charge in [0.15, 0.2) is 0 Å². The second-order valence-corrected chi connectivity index (χ2v) is 7.33. The fourth-order valence-corrected chi connectivity index (χ4v) is 3.77. The number of fused-ring (bicyclic) bond motifs is 1. The number of aromatic amines is 1. The molecule has 132 valence electrons. The number of carbonyl (C=O) groups excluding carboxylic acids is 1. The molecule has 0 bridgehead atoms. The molecular weight excluding hydrogens is 367 g/mol. The summed E-state index contributed by atoms with van der Waals surface area (Å²) >= 11 is 12.1. The highest BCUT2D eigenvalue weighted by atomic mass is 35.5. The molecule has 0 unspecified atom stereocenters. The Labute approximate surface area is 162 Å². The predicted molar refractivity (Wildman–Crippen MR) is 108 cm³/mol.